The Balaban J connectivity index is 1.68. The van der Waals surface area contributed by atoms with Crippen molar-refractivity contribution < 1.29 is 9.53 Å². The van der Waals surface area contributed by atoms with Crippen LogP contribution in [-0.2, 0) is 4.74 Å². The second-order valence-electron chi connectivity index (χ2n) is 8.24. The lowest BCUT2D eigenvalue weighted by molar-refractivity contribution is 0.0226. The molecule has 1 N–H and O–H groups in total. The van der Waals surface area contributed by atoms with Crippen molar-refractivity contribution >= 4 is 6.09 Å². The van der Waals surface area contributed by atoms with E-state index in [1.165, 1.54) is 32.5 Å². The number of ether oxygens (including phenoxy) is 1. The van der Waals surface area contributed by atoms with Crippen LogP contribution in [0.4, 0.5) is 4.79 Å². The van der Waals surface area contributed by atoms with Gasteiger partial charge in [-0.25, -0.2) is 4.79 Å². The fraction of sp³-hybridized carbons (Fsp3) is 0.944. The molecule has 2 atom stereocenters. The van der Waals surface area contributed by atoms with Gasteiger partial charge in [0.2, 0.25) is 0 Å². The van der Waals surface area contributed by atoms with E-state index in [9.17, 15) is 4.79 Å². The first-order chi connectivity index (χ1) is 10.8. The summed E-state index contributed by atoms with van der Waals surface area (Å²) in [5.74, 6) is 0.657. The van der Waals surface area contributed by atoms with Gasteiger partial charge in [-0.05, 0) is 72.0 Å². The molecular weight excluding hydrogens is 290 g/mol. The van der Waals surface area contributed by atoms with Gasteiger partial charge < -0.3 is 19.9 Å². The van der Waals surface area contributed by atoms with E-state index in [1.807, 2.05) is 25.7 Å². The first-order valence-corrected chi connectivity index (χ1v) is 9.28. The van der Waals surface area contributed by atoms with Gasteiger partial charge in [0.25, 0.3) is 0 Å². The SMILES string of the molecule is CC(CNCC1CCCN1C(=O)OC(C)(C)C)CN1CCCC1. The second kappa shape index (κ2) is 8.34. The molecule has 2 saturated heterocycles. The molecule has 23 heavy (non-hydrogen) atoms. The maximum atomic E-state index is 12.3. The van der Waals surface area contributed by atoms with E-state index < -0.39 is 5.60 Å². The normalized spacial score (nSPS) is 24.2. The highest BCUT2D eigenvalue weighted by Gasteiger charge is 2.31. The molecule has 1 amide bonds. The number of amides is 1. The highest BCUT2D eigenvalue weighted by atomic mass is 16.6. The van der Waals surface area contributed by atoms with E-state index in [2.05, 4.69) is 17.1 Å². The van der Waals surface area contributed by atoms with Crippen LogP contribution in [0.25, 0.3) is 0 Å². The van der Waals surface area contributed by atoms with Gasteiger partial charge in [0.15, 0.2) is 0 Å². The van der Waals surface area contributed by atoms with Gasteiger partial charge >= 0.3 is 6.09 Å². The van der Waals surface area contributed by atoms with Crippen LogP contribution >= 0.6 is 0 Å². The molecule has 2 aliphatic heterocycles. The molecule has 0 bridgehead atoms. The summed E-state index contributed by atoms with van der Waals surface area (Å²) < 4.78 is 5.52. The summed E-state index contributed by atoms with van der Waals surface area (Å²) in [7, 11) is 0. The van der Waals surface area contributed by atoms with Crippen LogP contribution in [0.3, 0.4) is 0 Å². The average Bonchev–Trinajstić information content (AvgIpc) is 3.07. The summed E-state index contributed by atoms with van der Waals surface area (Å²) in [4.78, 5) is 16.7. The third kappa shape index (κ3) is 6.30. The zero-order valence-electron chi connectivity index (χ0n) is 15.4. The molecule has 2 aliphatic rings. The molecule has 0 saturated carbocycles. The van der Waals surface area contributed by atoms with E-state index >= 15 is 0 Å². The second-order valence-corrected chi connectivity index (χ2v) is 8.24. The Bertz CT molecular complexity index is 375. The van der Waals surface area contributed by atoms with Crippen molar-refractivity contribution in [2.24, 2.45) is 5.92 Å². The van der Waals surface area contributed by atoms with Crippen molar-refractivity contribution in [3.05, 3.63) is 0 Å². The number of carbonyl (C=O) groups excluding carboxylic acids is 1. The molecule has 0 spiro atoms. The van der Waals surface area contributed by atoms with E-state index in [0.29, 0.717) is 5.92 Å². The highest BCUT2D eigenvalue weighted by Crippen LogP contribution is 2.20. The molecule has 5 heteroatoms. The molecule has 134 valence electrons. The minimum absolute atomic E-state index is 0.160. The third-order valence-electron chi connectivity index (χ3n) is 4.65. The van der Waals surface area contributed by atoms with Crippen molar-refractivity contribution in [1.82, 2.24) is 15.1 Å². The summed E-state index contributed by atoms with van der Waals surface area (Å²) >= 11 is 0. The molecule has 0 aromatic carbocycles. The molecule has 0 aromatic heterocycles. The fourth-order valence-corrected chi connectivity index (χ4v) is 3.58. The number of hydrogen-bond donors (Lipinski definition) is 1. The largest absolute Gasteiger partial charge is 0.444 e. The van der Waals surface area contributed by atoms with Crippen LogP contribution in [0.1, 0.15) is 53.4 Å². The number of rotatable bonds is 6. The Hall–Kier alpha value is -0.810. The van der Waals surface area contributed by atoms with Gasteiger partial charge in [0, 0.05) is 25.7 Å². The molecule has 2 unspecified atom stereocenters. The maximum Gasteiger partial charge on any atom is 0.410 e. The standard InChI is InChI=1S/C18H35N3O2/c1-15(14-20-9-5-6-10-20)12-19-13-16-8-7-11-21(16)17(22)23-18(2,3)4/h15-16,19H,5-14H2,1-4H3. The zero-order valence-corrected chi connectivity index (χ0v) is 15.4. The fourth-order valence-electron chi connectivity index (χ4n) is 3.58. The quantitative estimate of drug-likeness (QED) is 0.815. The van der Waals surface area contributed by atoms with E-state index in [1.54, 1.807) is 0 Å². The van der Waals surface area contributed by atoms with Crippen LogP contribution in [0.5, 0.6) is 0 Å². The Kier molecular flexibility index (Phi) is 6.72. The minimum atomic E-state index is -0.415. The van der Waals surface area contributed by atoms with E-state index in [0.717, 1.165) is 32.5 Å². The van der Waals surface area contributed by atoms with Gasteiger partial charge in [-0.3, -0.25) is 0 Å². The van der Waals surface area contributed by atoms with Gasteiger partial charge in [0.1, 0.15) is 5.60 Å². The monoisotopic (exact) mass is 325 g/mol. The molecule has 2 heterocycles. The summed E-state index contributed by atoms with van der Waals surface area (Å²) in [6, 6.07) is 0.281. The average molecular weight is 325 g/mol. The van der Waals surface area contributed by atoms with Crippen molar-refractivity contribution in [3.63, 3.8) is 0 Å². The van der Waals surface area contributed by atoms with Crippen molar-refractivity contribution in [2.45, 2.75) is 65.0 Å². The highest BCUT2D eigenvalue weighted by molar-refractivity contribution is 5.69. The molecule has 0 radical (unpaired) electrons. The van der Waals surface area contributed by atoms with E-state index in [4.69, 9.17) is 4.74 Å². The lowest BCUT2D eigenvalue weighted by Crippen LogP contribution is -2.45. The molecule has 2 rings (SSSR count). The molecule has 0 aliphatic carbocycles. The summed E-state index contributed by atoms with van der Waals surface area (Å²) in [5.41, 5.74) is -0.415. The Morgan fingerprint density at radius 2 is 1.91 bits per heavy atom. The maximum absolute atomic E-state index is 12.3. The van der Waals surface area contributed by atoms with Crippen LogP contribution < -0.4 is 5.32 Å². The Labute approximate surface area is 141 Å². The first-order valence-electron chi connectivity index (χ1n) is 9.28. The lowest BCUT2D eigenvalue weighted by Gasteiger charge is -2.29. The van der Waals surface area contributed by atoms with Crippen molar-refractivity contribution in [3.8, 4) is 0 Å². The van der Waals surface area contributed by atoms with Gasteiger partial charge in [0.05, 0.1) is 0 Å². The summed E-state index contributed by atoms with van der Waals surface area (Å²) in [6.45, 7) is 14.5. The summed E-state index contributed by atoms with van der Waals surface area (Å²) in [6.07, 6.45) is 4.70. The summed E-state index contributed by atoms with van der Waals surface area (Å²) in [5, 5.41) is 3.57. The number of nitrogens with one attached hydrogen (secondary N) is 1. The van der Waals surface area contributed by atoms with Crippen LogP contribution in [0, 0.1) is 5.92 Å². The zero-order chi connectivity index (χ0) is 16.9. The van der Waals surface area contributed by atoms with Gasteiger partial charge in [-0.1, -0.05) is 6.92 Å². The smallest absolute Gasteiger partial charge is 0.410 e. The predicted octanol–water partition coefficient (Wildman–Crippen LogP) is 2.71. The van der Waals surface area contributed by atoms with Crippen LogP contribution in [0.15, 0.2) is 0 Å². The molecule has 5 nitrogen and oxygen atoms in total. The minimum Gasteiger partial charge on any atom is -0.444 e. The number of likely N-dealkylation sites (tertiary alicyclic amines) is 2. The van der Waals surface area contributed by atoms with Crippen LogP contribution in [0.2, 0.25) is 0 Å². The number of nitrogens with zero attached hydrogens (tertiary/aromatic N) is 2. The third-order valence-corrected chi connectivity index (χ3v) is 4.65. The Morgan fingerprint density at radius 1 is 1.22 bits per heavy atom. The van der Waals surface area contributed by atoms with Gasteiger partial charge in [-0.15, -0.1) is 0 Å². The van der Waals surface area contributed by atoms with Crippen LogP contribution in [-0.4, -0.2) is 66.8 Å². The first kappa shape index (κ1) is 18.5. The molecular formula is C18H35N3O2. The topological polar surface area (TPSA) is 44.8 Å². The lowest BCUT2D eigenvalue weighted by atomic mass is 10.1. The Morgan fingerprint density at radius 3 is 2.57 bits per heavy atom. The van der Waals surface area contributed by atoms with Gasteiger partial charge in [-0.2, -0.15) is 0 Å². The van der Waals surface area contributed by atoms with Crippen molar-refractivity contribution in [1.29, 1.82) is 0 Å². The number of carbonyl (C=O) groups is 1. The predicted molar refractivity (Wildman–Crippen MR) is 93.7 cm³/mol. The molecule has 0 aromatic rings. The van der Waals surface area contributed by atoms with E-state index in [-0.39, 0.29) is 12.1 Å². The molecule has 2 fully saturated rings. The van der Waals surface area contributed by atoms with Crippen molar-refractivity contribution in [2.75, 3.05) is 39.3 Å². The number of hydrogen-bond acceptors (Lipinski definition) is 4.